The lowest BCUT2D eigenvalue weighted by Crippen LogP contribution is -2.05. The predicted molar refractivity (Wildman–Crippen MR) is 98.5 cm³/mol. The zero-order valence-corrected chi connectivity index (χ0v) is 15.4. The smallest absolute Gasteiger partial charge is 0.120 e. The van der Waals surface area contributed by atoms with Crippen molar-refractivity contribution in [2.24, 2.45) is 5.92 Å². The van der Waals surface area contributed by atoms with Gasteiger partial charge in [0.15, 0.2) is 0 Å². The Morgan fingerprint density at radius 1 is 1.23 bits per heavy atom. The molecular formula is C20H27BrO. The van der Waals surface area contributed by atoms with Crippen molar-refractivity contribution in [1.29, 1.82) is 0 Å². The van der Waals surface area contributed by atoms with Gasteiger partial charge in [0.2, 0.25) is 0 Å². The van der Waals surface area contributed by atoms with E-state index >= 15 is 0 Å². The van der Waals surface area contributed by atoms with Crippen LogP contribution in [0.4, 0.5) is 0 Å². The summed E-state index contributed by atoms with van der Waals surface area (Å²) in [5.74, 6) is 1.72. The van der Waals surface area contributed by atoms with E-state index in [9.17, 15) is 0 Å². The van der Waals surface area contributed by atoms with Crippen molar-refractivity contribution in [2.75, 3.05) is 6.61 Å². The first-order chi connectivity index (χ1) is 10.7. The Hall–Kier alpha value is -1.02. The van der Waals surface area contributed by atoms with E-state index in [1.165, 1.54) is 43.2 Å². The molecule has 0 spiro atoms. The van der Waals surface area contributed by atoms with Crippen molar-refractivity contribution in [3.05, 3.63) is 52.0 Å². The summed E-state index contributed by atoms with van der Waals surface area (Å²) in [5, 5.41) is 0. The van der Waals surface area contributed by atoms with Gasteiger partial charge in [-0.05, 0) is 61.9 Å². The molecule has 0 unspecified atom stereocenters. The fourth-order valence-electron chi connectivity index (χ4n) is 3.11. The lowest BCUT2D eigenvalue weighted by atomic mass is 9.87. The number of halogens is 1. The molecule has 120 valence electrons. The third-order valence-corrected chi connectivity index (χ3v) is 4.61. The summed E-state index contributed by atoms with van der Waals surface area (Å²) >= 11 is 3.52. The average Bonchev–Trinajstić information content (AvgIpc) is 2.47. The highest BCUT2D eigenvalue weighted by Crippen LogP contribution is 2.27. The second-order valence-corrected chi connectivity index (χ2v) is 7.12. The highest BCUT2D eigenvalue weighted by molar-refractivity contribution is 9.10. The standard InChI is InChI=1S/C20H27BrO/c1-3-7-17(14-18-8-5-4-6-9-18)10-11-22-20-13-16(2)12-19(21)15-20/h3,7,12-15,18H,4-6,8-11H2,1-2H3/b7-3-,17-14+. The van der Waals surface area contributed by atoms with E-state index in [1.54, 1.807) is 0 Å². The van der Waals surface area contributed by atoms with Crippen molar-refractivity contribution in [2.45, 2.75) is 52.4 Å². The van der Waals surface area contributed by atoms with Crippen LogP contribution in [0.15, 0.2) is 46.5 Å². The fraction of sp³-hybridized carbons (Fsp3) is 0.500. The topological polar surface area (TPSA) is 9.23 Å². The van der Waals surface area contributed by atoms with Gasteiger partial charge in [-0.15, -0.1) is 0 Å². The zero-order chi connectivity index (χ0) is 15.8. The quantitative estimate of drug-likeness (QED) is 0.517. The van der Waals surface area contributed by atoms with Gasteiger partial charge in [0.25, 0.3) is 0 Å². The molecule has 0 amide bonds. The fourth-order valence-corrected chi connectivity index (χ4v) is 3.70. The predicted octanol–water partition coefficient (Wildman–Crippen LogP) is 6.61. The molecule has 0 saturated heterocycles. The van der Waals surface area contributed by atoms with E-state index in [0.29, 0.717) is 0 Å². The molecule has 0 aromatic heterocycles. The van der Waals surface area contributed by atoms with Gasteiger partial charge in [-0.25, -0.2) is 0 Å². The van der Waals surface area contributed by atoms with Crippen LogP contribution in [-0.4, -0.2) is 6.61 Å². The normalized spacial score (nSPS) is 17.1. The minimum absolute atomic E-state index is 0.735. The molecule has 0 atom stereocenters. The summed E-state index contributed by atoms with van der Waals surface area (Å²) in [7, 11) is 0. The van der Waals surface area contributed by atoms with Crippen molar-refractivity contribution < 1.29 is 4.74 Å². The second kappa shape index (κ2) is 9.19. The van der Waals surface area contributed by atoms with Gasteiger partial charge in [0.05, 0.1) is 6.61 Å². The maximum atomic E-state index is 5.93. The largest absolute Gasteiger partial charge is 0.493 e. The Kier molecular flexibility index (Phi) is 7.24. The first kappa shape index (κ1) is 17.3. The Morgan fingerprint density at radius 3 is 2.68 bits per heavy atom. The number of aryl methyl sites for hydroxylation is 1. The summed E-state index contributed by atoms with van der Waals surface area (Å²) in [6.45, 7) is 4.91. The third kappa shape index (κ3) is 6.00. The third-order valence-electron chi connectivity index (χ3n) is 4.16. The minimum atomic E-state index is 0.735. The number of ether oxygens (including phenoxy) is 1. The van der Waals surface area contributed by atoms with Crippen LogP contribution in [0.5, 0.6) is 5.75 Å². The van der Waals surface area contributed by atoms with Gasteiger partial charge in [0.1, 0.15) is 5.75 Å². The Morgan fingerprint density at radius 2 is 2.00 bits per heavy atom. The van der Waals surface area contributed by atoms with Crippen LogP contribution < -0.4 is 4.74 Å². The molecule has 2 rings (SSSR count). The summed E-state index contributed by atoms with van der Waals surface area (Å²) in [6.07, 6.45) is 14.7. The highest BCUT2D eigenvalue weighted by atomic mass is 79.9. The second-order valence-electron chi connectivity index (χ2n) is 6.20. The van der Waals surface area contributed by atoms with E-state index < -0.39 is 0 Å². The maximum Gasteiger partial charge on any atom is 0.120 e. The number of hydrogen-bond donors (Lipinski definition) is 0. The minimum Gasteiger partial charge on any atom is -0.493 e. The average molecular weight is 363 g/mol. The van der Waals surface area contributed by atoms with E-state index in [2.05, 4.69) is 60.1 Å². The van der Waals surface area contributed by atoms with E-state index in [4.69, 9.17) is 4.74 Å². The zero-order valence-electron chi connectivity index (χ0n) is 13.8. The van der Waals surface area contributed by atoms with Crippen molar-refractivity contribution >= 4 is 15.9 Å². The molecule has 1 fully saturated rings. The first-order valence-electron chi connectivity index (χ1n) is 8.41. The molecule has 0 bridgehead atoms. The molecule has 1 saturated carbocycles. The molecular weight excluding hydrogens is 336 g/mol. The first-order valence-corrected chi connectivity index (χ1v) is 9.20. The van der Waals surface area contributed by atoms with E-state index in [1.807, 2.05) is 6.07 Å². The monoisotopic (exact) mass is 362 g/mol. The maximum absolute atomic E-state index is 5.93. The SMILES string of the molecule is C/C=C\C(=C/C1CCCCC1)CCOc1cc(C)cc(Br)c1. The van der Waals surface area contributed by atoms with Gasteiger partial charge in [0, 0.05) is 10.9 Å². The summed E-state index contributed by atoms with van der Waals surface area (Å²) in [6, 6.07) is 6.22. The van der Waals surface area contributed by atoms with E-state index in [0.717, 1.165) is 29.2 Å². The Labute approximate surface area is 143 Å². The van der Waals surface area contributed by atoms with Gasteiger partial charge >= 0.3 is 0 Å². The molecule has 2 heteroatoms. The lowest BCUT2D eigenvalue weighted by Gasteiger charge is -2.19. The molecule has 22 heavy (non-hydrogen) atoms. The van der Waals surface area contributed by atoms with Gasteiger partial charge in [-0.3, -0.25) is 0 Å². The van der Waals surface area contributed by atoms with Crippen LogP contribution in [0.3, 0.4) is 0 Å². The van der Waals surface area contributed by atoms with Gasteiger partial charge < -0.3 is 4.74 Å². The molecule has 0 heterocycles. The van der Waals surface area contributed by atoms with Crippen molar-refractivity contribution in [1.82, 2.24) is 0 Å². The molecule has 1 aliphatic rings. The summed E-state index contributed by atoms with van der Waals surface area (Å²) in [4.78, 5) is 0. The Balaban J connectivity index is 1.89. The van der Waals surface area contributed by atoms with Crippen molar-refractivity contribution in [3.8, 4) is 5.75 Å². The van der Waals surface area contributed by atoms with Crippen LogP contribution in [-0.2, 0) is 0 Å². The van der Waals surface area contributed by atoms with Crippen LogP contribution in [0.25, 0.3) is 0 Å². The molecule has 1 aromatic rings. The van der Waals surface area contributed by atoms with Crippen molar-refractivity contribution in [3.63, 3.8) is 0 Å². The number of rotatable bonds is 6. The summed E-state index contributed by atoms with van der Waals surface area (Å²) < 4.78 is 7.01. The van der Waals surface area contributed by atoms with Crippen LogP contribution in [0.2, 0.25) is 0 Å². The number of benzene rings is 1. The molecule has 1 aliphatic carbocycles. The number of allylic oxidation sites excluding steroid dienone is 3. The highest BCUT2D eigenvalue weighted by Gasteiger charge is 2.11. The van der Waals surface area contributed by atoms with Gasteiger partial charge in [-0.1, -0.05) is 53.4 Å². The van der Waals surface area contributed by atoms with E-state index in [-0.39, 0.29) is 0 Å². The van der Waals surface area contributed by atoms with Crippen LogP contribution in [0.1, 0.15) is 51.0 Å². The molecule has 1 aromatic carbocycles. The van der Waals surface area contributed by atoms with Crippen LogP contribution >= 0.6 is 15.9 Å². The molecule has 1 nitrogen and oxygen atoms in total. The Bertz CT molecular complexity index is 504. The number of hydrogen-bond acceptors (Lipinski definition) is 1. The molecule has 0 radical (unpaired) electrons. The molecule has 0 N–H and O–H groups in total. The van der Waals surface area contributed by atoms with Crippen LogP contribution in [0, 0.1) is 12.8 Å². The summed E-state index contributed by atoms with van der Waals surface area (Å²) in [5.41, 5.74) is 2.64. The van der Waals surface area contributed by atoms with Gasteiger partial charge in [-0.2, -0.15) is 0 Å². The molecule has 0 aliphatic heterocycles. The lowest BCUT2D eigenvalue weighted by molar-refractivity contribution is 0.321.